The number of thiophene rings is 1. The van der Waals surface area contributed by atoms with Crippen molar-refractivity contribution in [1.82, 2.24) is 10.2 Å². The molecule has 2 heterocycles. The number of nitrogens with zero attached hydrogens (tertiary/aromatic N) is 1. The summed E-state index contributed by atoms with van der Waals surface area (Å²) >= 11 is 5.31. The fourth-order valence-electron chi connectivity index (χ4n) is 3.12. The molecule has 0 bridgehead atoms. The molecule has 0 saturated carbocycles. The van der Waals surface area contributed by atoms with Crippen LogP contribution in [0.15, 0.2) is 15.2 Å². The van der Waals surface area contributed by atoms with Crippen LogP contribution in [0.2, 0.25) is 0 Å². The third-order valence-electron chi connectivity index (χ3n) is 3.79. The van der Waals surface area contributed by atoms with E-state index in [2.05, 4.69) is 51.6 Å². The highest BCUT2D eigenvalue weighted by Crippen LogP contribution is 2.32. The SMILES string of the molecule is CCCC1(CN(C)Cc2csc(Br)c2)CCNC1. The Bertz CT molecular complexity index is 372. The van der Waals surface area contributed by atoms with Crippen molar-refractivity contribution < 1.29 is 0 Å². The Hall–Kier alpha value is 0.1000. The monoisotopic (exact) mass is 330 g/mol. The Balaban J connectivity index is 1.90. The molecule has 4 heteroatoms. The lowest BCUT2D eigenvalue weighted by atomic mass is 9.82. The highest BCUT2D eigenvalue weighted by Gasteiger charge is 2.33. The fourth-order valence-corrected chi connectivity index (χ4v) is 4.32. The minimum Gasteiger partial charge on any atom is -0.316 e. The van der Waals surface area contributed by atoms with Gasteiger partial charge in [0.2, 0.25) is 0 Å². The molecule has 1 aromatic heterocycles. The van der Waals surface area contributed by atoms with Gasteiger partial charge in [0.1, 0.15) is 0 Å². The van der Waals surface area contributed by atoms with Crippen LogP contribution in [-0.4, -0.2) is 31.6 Å². The summed E-state index contributed by atoms with van der Waals surface area (Å²) in [5.74, 6) is 0. The van der Waals surface area contributed by atoms with Crippen LogP contribution < -0.4 is 5.32 Å². The molecule has 2 nitrogen and oxygen atoms in total. The van der Waals surface area contributed by atoms with Gasteiger partial charge in [0, 0.05) is 19.6 Å². The Morgan fingerprint density at radius 1 is 1.56 bits per heavy atom. The number of hydrogen-bond donors (Lipinski definition) is 1. The smallest absolute Gasteiger partial charge is 0.0701 e. The number of hydrogen-bond acceptors (Lipinski definition) is 3. The summed E-state index contributed by atoms with van der Waals surface area (Å²) in [4.78, 5) is 2.48. The summed E-state index contributed by atoms with van der Waals surface area (Å²) in [7, 11) is 2.25. The van der Waals surface area contributed by atoms with Gasteiger partial charge in [-0.3, -0.25) is 0 Å². The van der Waals surface area contributed by atoms with Gasteiger partial charge < -0.3 is 10.2 Å². The van der Waals surface area contributed by atoms with Crippen molar-refractivity contribution in [3.05, 3.63) is 20.8 Å². The van der Waals surface area contributed by atoms with Crippen molar-refractivity contribution in [3.63, 3.8) is 0 Å². The maximum absolute atomic E-state index is 3.54. The van der Waals surface area contributed by atoms with Gasteiger partial charge in [-0.25, -0.2) is 0 Å². The summed E-state index contributed by atoms with van der Waals surface area (Å²) in [5, 5.41) is 5.79. The predicted octanol–water partition coefficient (Wildman–Crippen LogP) is 3.72. The van der Waals surface area contributed by atoms with Crippen molar-refractivity contribution in [2.24, 2.45) is 5.41 Å². The summed E-state index contributed by atoms with van der Waals surface area (Å²) < 4.78 is 1.23. The first-order valence-corrected chi connectivity index (χ1v) is 8.43. The normalized spacial score (nSPS) is 24.0. The summed E-state index contributed by atoms with van der Waals surface area (Å²) in [6.45, 7) is 6.96. The average Bonchev–Trinajstić information content (AvgIpc) is 2.89. The molecule has 0 aliphatic carbocycles. The quantitative estimate of drug-likeness (QED) is 0.855. The lowest BCUT2D eigenvalue weighted by Gasteiger charge is -2.32. The van der Waals surface area contributed by atoms with E-state index in [4.69, 9.17) is 0 Å². The lowest BCUT2D eigenvalue weighted by molar-refractivity contribution is 0.172. The Morgan fingerprint density at radius 3 is 2.94 bits per heavy atom. The molecule has 1 fully saturated rings. The standard InChI is InChI=1S/C14H23BrN2S/c1-3-4-14(5-6-16-10-14)11-17(2)8-12-7-13(15)18-9-12/h7,9,16H,3-6,8,10-11H2,1-2H3. The predicted molar refractivity (Wildman–Crippen MR) is 83.2 cm³/mol. The van der Waals surface area contributed by atoms with E-state index in [-0.39, 0.29) is 0 Å². The molecule has 18 heavy (non-hydrogen) atoms. The first kappa shape index (κ1) is 14.5. The molecular weight excluding hydrogens is 308 g/mol. The van der Waals surface area contributed by atoms with Crippen LogP contribution in [0.25, 0.3) is 0 Å². The van der Waals surface area contributed by atoms with E-state index in [1.54, 1.807) is 11.3 Å². The van der Waals surface area contributed by atoms with E-state index in [0.29, 0.717) is 5.41 Å². The van der Waals surface area contributed by atoms with Crippen molar-refractivity contribution in [2.75, 3.05) is 26.7 Å². The van der Waals surface area contributed by atoms with Crippen LogP contribution >= 0.6 is 27.3 Å². The topological polar surface area (TPSA) is 15.3 Å². The third kappa shape index (κ3) is 3.80. The third-order valence-corrected chi connectivity index (χ3v) is 5.35. The molecule has 0 aromatic carbocycles. The molecule has 2 rings (SSSR count). The Morgan fingerprint density at radius 2 is 2.39 bits per heavy atom. The maximum atomic E-state index is 3.54. The molecule has 1 atom stereocenters. The molecule has 1 aliphatic heterocycles. The van der Waals surface area contributed by atoms with E-state index in [1.807, 2.05) is 0 Å². The second kappa shape index (κ2) is 6.51. The van der Waals surface area contributed by atoms with Gasteiger partial charge in [-0.05, 0) is 64.8 Å². The van der Waals surface area contributed by atoms with Crippen LogP contribution in [0.3, 0.4) is 0 Å². The molecule has 0 amide bonds. The molecular formula is C14H23BrN2S. The van der Waals surface area contributed by atoms with E-state index >= 15 is 0 Å². The van der Waals surface area contributed by atoms with Gasteiger partial charge in [0.25, 0.3) is 0 Å². The number of halogens is 1. The molecule has 1 saturated heterocycles. The van der Waals surface area contributed by atoms with E-state index < -0.39 is 0 Å². The maximum Gasteiger partial charge on any atom is 0.0701 e. The van der Waals surface area contributed by atoms with Gasteiger partial charge in [0.15, 0.2) is 0 Å². The van der Waals surface area contributed by atoms with E-state index in [0.717, 1.165) is 6.54 Å². The second-order valence-corrected chi connectivity index (χ2v) is 7.90. The second-order valence-electron chi connectivity index (χ2n) is 5.61. The minimum atomic E-state index is 0.511. The van der Waals surface area contributed by atoms with Crippen LogP contribution in [0.1, 0.15) is 31.7 Å². The zero-order valence-corrected chi connectivity index (χ0v) is 13.7. The van der Waals surface area contributed by atoms with Crippen LogP contribution in [0, 0.1) is 5.41 Å². The average molecular weight is 331 g/mol. The zero-order valence-electron chi connectivity index (χ0n) is 11.3. The van der Waals surface area contributed by atoms with Gasteiger partial charge in [-0.2, -0.15) is 0 Å². The highest BCUT2D eigenvalue weighted by molar-refractivity contribution is 9.11. The minimum absolute atomic E-state index is 0.511. The van der Waals surface area contributed by atoms with Gasteiger partial charge in [-0.1, -0.05) is 13.3 Å². The van der Waals surface area contributed by atoms with E-state index in [1.165, 1.54) is 48.2 Å². The van der Waals surface area contributed by atoms with Crippen molar-refractivity contribution in [1.29, 1.82) is 0 Å². The highest BCUT2D eigenvalue weighted by atomic mass is 79.9. The van der Waals surface area contributed by atoms with Crippen molar-refractivity contribution in [2.45, 2.75) is 32.7 Å². The molecule has 0 radical (unpaired) electrons. The van der Waals surface area contributed by atoms with Crippen LogP contribution in [-0.2, 0) is 6.54 Å². The summed E-state index contributed by atoms with van der Waals surface area (Å²) in [6, 6.07) is 2.24. The van der Waals surface area contributed by atoms with Crippen molar-refractivity contribution in [3.8, 4) is 0 Å². The Kier molecular flexibility index (Phi) is 5.24. The summed E-state index contributed by atoms with van der Waals surface area (Å²) in [5.41, 5.74) is 1.93. The molecule has 102 valence electrons. The van der Waals surface area contributed by atoms with Crippen LogP contribution in [0.4, 0.5) is 0 Å². The molecule has 0 spiro atoms. The molecule has 1 N–H and O–H groups in total. The summed E-state index contributed by atoms with van der Waals surface area (Å²) in [6.07, 6.45) is 3.97. The fraction of sp³-hybridized carbons (Fsp3) is 0.714. The Labute approximate surface area is 123 Å². The molecule has 1 unspecified atom stereocenters. The zero-order chi connectivity index (χ0) is 13.0. The number of rotatable bonds is 6. The van der Waals surface area contributed by atoms with Gasteiger partial charge in [-0.15, -0.1) is 11.3 Å². The van der Waals surface area contributed by atoms with E-state index in [9.17, 15) is 0 Å². The first-order chi connectivity index (χ1) is 8.63. The molecule has 1 aliphatic rings. The first-order valence-electron chi connectivity index (χ1n) is 6.76. The van der Waals surface area contributed by atoms with Crippen molar-refractivity contribution >= 4 is 27.3 Å². The lowest BCUT2D eigenvalue weighted by Crippen LogP contribution is -2.37. The van der Waals surface area contributed by atoms with Gasteiger partial charge >= 0.3 is 0 Å². The number of nitrogens with one attached hydrogen (secondary N) is 1. The largest absolute Gasteiger partial charge is 0.316 e. The van der Waals surface area contributed by atoms with Gasteiger partial charge in [0.05, 0.1) is 3.79 Å². The molecule has 1 aromatic rings. The van der Waals surface area contributed by atoms with Crippen LogP contribution in [0.5, 0.6) is 0 Å².